The molecule has 4 nitrogen and oxygen atoms in total. The molecule has 0 saturated heterocycles. The minimum absolute atomic E-state index is 0.112. The molecule has 1 heterocycles. The second kappa shape index (κ2) is 10.9. The van der Waals surface area contributed by atoms with Crippen LogP contribution in [0.1, 0.15) is 53.5 Å². The van der Waals surface area contributed by atoms with Crippen molar-refractivity contribution in [3.8, 4) is 17.2 Å². The molecule has 1 aromatic heterocycles. The van der Waals surface area contributed by atoms with E-state index < -0.39 is 0 Å². The minimum Gasteiger partial charge on any atom is -0.292 e. The number of aromatic nitrogens is 2. The summed E-state index contributed by atoms with van der Waals surface area (Å²) in [7, 11) is 0. The maximum Gasteiger partial charge on any atom is 0.257 e. The number of rotatable bonds is 8. The SMILES string of the molecule is CCCCc1nc(C)n(Cc2cccc(F)c2)c(=O)c1Cc1ccc(-c2ccccc2)c(C#N)c1. The molecule has 0 aliphatic carbocycles. The average Bonchev–Trinajstić information content (AvgIpc) is 2.87. The van der Waals surface area contributed by atoms with E-state index in [9.17, 15) is 14.4 Å². The topological polar surface area (TPSA) is 58.7 Å². The molecule has 0 atom stereocenters. The van der Waals surface area contributed by atoms with Crippen LogP contribution < -0.4 is 5.56 Å². The summed E-state index contributed by atoms with van der Waals surface area (Å²) in [5.41, 5.74) is 5.35. The highest BCUT2D eigenvalue weighted by Crippen LogP contribution is 2.25. The number of benzene rings is 3. The standard InChI is InChI=1S/C30H28FN3O/c1-3-4-13-29-28(30(35)34(21(2)33-29)20-23-9-8-12-26(31)17-23)18-22-14-15-27(25(16-22)19-32)24-10-6-5-7-11-24/h5-12,14-17H,3-4,13,18,20H2,1-2H3. The van der Waals surface area contributed by atoms with Gasteiger partial charge in [-0.15, -0.1) is 0 Å². The largest absolute Gasteiger partial charge is 0.292 e. The van der Waals surface area contributed by atoms with Gasteiger partial charge >= 0.3 is 0 Å². The summed E-state index contributed by atoms with van der Waals surface area (Å²) in [6, 6.07) is 24.2. The van der Waals surface area contributed by atoms with Crippen LogP contribution in [0.25, 0.3) is 11.1 Å². The minimum atomic E-state index is -0.330. The van der Waals surface area contributed by atoms with Gasteiger partial charge in [0.1, 0.15) is 11.6 Å². The van der Waals surface area contributed by atoms with E-state index >= 15 is 0 Å². The summed E-state index contributed by atoms with van der Waals surface area (Å²) in [6.07, 6.45) is 3.04. The summed E-state index contributed by atoms with van der Waals surface area (Å²) in [5, 5.41) is 9.80. The van der Waals surface area contributed by atoms with Crippen molar-refractivity contribution < 1.29 is 4.39 Å². The van der Waals surface area contributed by atoms with Gasteiger partial charge in [-0.05, 0) is 60.2 Å². The molecule has 0 amide bonds. The number of unbranched alkanes of at least 4 members (excludes halogenated alkanes) is 1. The summed E-state index contributed by atoms with van der Waals surface area (Å²) < 4.78 is 15.4. The van der Waals surface area contributed by atoms with Crippen molar-refractivity contribution in [3.05, 3.63) is 123 Å². The van der Waals surface area contributed by atoms with E-state index in [4.69, 9.17) is 4.98 Å². The Bertz CT molecular complexity index is 1430. The zero-order chi connectivity index (χ0) is 24.8. The molecule has 35 heavy (non-hydrogen) atoms. The van der Waals surface area contributed by atoms with Crippen LogP contribution in [0, 0.1) is 24.1 Å². The van der Waals surface area contributed by atoms with E-state index in [0.29, 0.717) is 28.9 Å². The molecule has 0 aliphatic heterocycles. The molecule has 0 radical (unpaired) electrons. The van der Waals surface area contributed by atoms with E-state index in [1.165, 1.54) is 12.1 Å². The first kappa shape index (κ1) is 24.1. The molecule has 0 saturated carbocycles. The van der Waals surface area contributed by atoms with Gasteiger partial charge in [0.15, 0.2) is 0 Å². The summed E-state index contributed by atoms with van der Waals surface area (Å²) in [4.78, 5) is 18.5. The van der Waals surface area contributed by atoms with Gasteiger partial charge in [0.05, 0.1) is 23.9 Å². The van der Waals surface area contributed by atoms with E-state index in [0.717, 1.165) is 41.6 Å². The van der Waals surface area contributed by atoms with Crippen LogP contribution in [0.4, 0.5) is 4.39 Å². The van der Waals surface area contributed by atoms with Crippen LogP contribution in [-0.2, 0) is 19.4 Å². The van der Waals surface area contributed by atoms with Crippen molar-refractivity contribution in [1.82, 2.24) is 9.55 Å². The van der Waals surface area contributed by atoms with Gasteiger partial charge in [-0.1, -0.05) is 67.9 Å². The fourth-order valence-corrected chi connectivity index (χ4v) is 4.36. The molecule has 0 bridgehead atoms. The number of nitrogens with zero attached hydrogens (tertiary/aromatic N) is 3. The van der Waals surface area contributed by atoms with Gasteiger partial charge in [-0.3, -0.25) is 9.36 Å². The Morgan fingerprint density at radius 3 is 2.51 bits per heavy atom. The zero-order valence-electron chi connectivity index (χ0n) is 20.1. The van der Waals surface area contributed by atoms with E-state index in [1.807, 2.05) is 55.5 Å². The van der Waals surface area contributed by atoms with Gasteiger partial charge in [-0.2, -0.15) is 5.26 Å². The molecule has 4 aromatic rings. The lowest BCUT2D eigenvalue weighted by atomic mass is 9.95. The van der Waals surface area contributed by atoms with Gasteiger partial charge in [0.25, 0.3) is 5.56 Å². The highest BCUT2D eigenvalue weighted by molar-refractivity contribution is 5.71. The van der Waals surface area contributed by atoms with Crippen molar-refractivity contribution in [2.45, 2.75) is 46.1 Å². The van der Waals surface area contributed by atoms with Crippen LogP contribution in [0.15, 0.2) is 77.6 Å². The molecule has 0 aliphatic rings. The van der Waals surface area contributed by atoms with Crippen LogP contribution in [0.2, 0.25) is 0 Å². The predicted octanol–water partition coefficient (Wildman–Crippen LogP) is 6.21. The Morgan fingerprint density at radius 1 is 1.00 bits per heavy atom. The van der Waals surface area contributed by atoms with Crippen molar-refractivity contribution in [1.29, 1.82) is 5.26 Å². The summed E-state index contributed by atoms with van der Waals surface area (Å²) in [5.74, 6) is 0.287. The summed E-state index contributed by atoms with van der Waals surface area (Å²) >= 11 is 0. The molecule has 0 spiro atoms. The van der Waals surface area contributed by atoms with Crippen LogP contribution in [0.3, 0.4) is 0 Å². The Hall–Kier alpha value is -4.04. The van der Waals surface area contributed by atoms with Crippen LogP contribution in [0.5, 0.6) is 0 Å². The first-order valence-electron chi connectivity index (χ1n) is 11.9. The molecule has 5 heteroatoms. The lowest BCUT2D eigenvalue weighted by Crippen LogP contribution is -2.30. The third-order valence-corrected chi connectivity index (χ3v) is 6.21. The molecule has 3 aromatic carbocycles. The Labute approximate surface area is 205 Å². The van der Waals surface area contributed by atoms with Crippen LogP contribution >= 0.6 is 0 Å². The van der Waals surface area contributed by atoms with Crippen LogP contribution in [-0.4, -0.2) is 9.55 Å². The van der Waals surface area contributed by atoms with E-state index in [2.05, 4.69) is 13.0 Å². The van der Waals surface area contributed by atoms with Gasteiger partial charge in [0, 0.05) is 12.0 Å². The number of hydrogen-bond donors (Lipinski definition) is 0. The fourth-order valence-electron chi connectivity index (χ4n) is 4.36. The number of nitriles is 1. The second-order valence-corrected chi connectivity index (χ2v) is 8.74. The average molecular weight is 466 g/mol. The normalized spacial score (nSPS) is 10.8. The Morgan fingerprint density at radius 2 is 1.80 bits per heavy atom. The van der Waals surface area contributed by atoms with Gasteiger partial charge < -0.3 is 0 Å². The van der Waals surface area contributed by atoms with Gasteiger partial charge in [-0.25, -0.2) is 9.37 Å². The number of halogens is 1. The molecular weight excluding hydrogens is 437 g/mol. The third kappa shape index (κ3) is 5.55. The Balaban J connectivity index is 1.75. The highest BCUT2D eigenvalue weighted by atomic mass is 19.1. The van der Waals surface area contributed by atoms with Crippen molar-refractivity contribution in [3.63, 3.8) is 0 Å². The molecule has 0 unspecified atom stereocenters. The van der Waals surface area contributed by atoms with Gasteiger partial charge in [0.2, 0.25) is 0 Å². The lowest BCUT2D eigenvalue weighted by molar-refractivity contribution is 0.618. The lowest BCUT2D eigenvalue weighted by Gasteiger charge is -2.16. The second-order valence-electron chi connectivity index (χ2n) is 8.74. The fraction of sp³-hybridized carbons (Fsp3) is 0.233. The van der Waals surface area contributed by atoms with Crippen molar-refractivity contribution in [2.75, 3.05) is 0 Å². The predicted molar refractivity (Wildman–Crippen MR) is 137 cm³/mol. The van der Waals surface area contributed by atoms with Crippen molar-refractivity contribution >= 4 is 0 Å². The Kier molecular flexibility index (Phi) is 7.52. The monoisotopic (exact) mass is 465 g/mol. The summed E-state index contributed by atoms with van der Waals surface area (Å²) in [6.45, 7) is 4.19. The molecule has 0 N–H and O–H groups in total. The number of aryl methyl sites for hydroxylation is 2. The smallest absolute Gasteiger partial charge is 0.257 e. The highest BCUT2D eigenvalue weighted by Gasteiger charge is 2.17. The van der Waals surface area contributed by atoms with E-state index in [1.54, 1.807) is 16.7 Å². The maximum atomic E-state index is 13.7. The van der Waals surface area contributed by atoms with E-state index in [-0.39, 0.29) is 17.9 Å². The number of hydrogen-bond acceptors (Lipinski definition) is 3. The first-order valence-corrected chi connectivity index (χ1v) is 11.9. The zero-order valence-corrected chi connectivity index (χ0v) is 20.1. The first-order chi connectivity index (χ1) is 17.0. The molecule has 176 valence electrons. The molecule has 0 fully saturated rings. The molecule has 4 rings (SSSR count). The quantitative estimate of drug-likeness (QED) is 0.311. The van der Waals surface area contributed by atoms with Crippen molar-refractivity contribution in [2.24, 2.45) is 0 Å². The molecular formula is C30H28FN3O. The third-order valence-electron chi connectivity index (χ3n) is 6.21. The maximum absolute atomic E-state index is 13.7.